The van der Waals surface area contributed by atoms with E-state index in [2.05, 4.69) is 5.32 Å². The fourth-order valence-electron chi connectivity index (χ4n) is 3.50. The summed E-state index contributed by atoms with van der Waals surface area (Å²) in [5.74, 6) is -0.832. The fraction of sp³-hybridized carbons (Fsp3) is 0.350. The van der Waals surface area contributed by atoms with Crippen LogP contribution in [0.4, 0.5) is 13.2 Å². The zero-order valence-corrected chi connectivity index (χ0v) is 14.1. The first-order valence-electron chi connectivity index (χ1n) is 8.52. The second-order valence-electron chi connectivity index (χ2n) is 6.73. The van der Waals surface area contributed by atoms with Crippen molar-refractivity contribution in [3.63, 3.8) is 0 Å². The predicted octanol–water partition coefficient (Wildman–Crippen LogP) is 4.23. The molecule has 0 aliphatic carbocycles. The molecule has 2 unspecified atom stereocenters. The minimum Gasteiger partial charge on any atom is -0.481 e. The van der Waals surface area contributed by atoms with Crippen LogP contribution in [0.25, 0.3) is 0 Å². The van der Waals surface area contributed by atoms with Gasteiger partial charge in [-0.05, 0) is 54.1 Å². The molecule has 2 aromatic rings. The highest BCUT2D eigenvalue weighted by atomic mass is 19.4. The average Bonchev–Trinajstić information content (AvgIpc) is 2.74. The Labute approximate surface area is 149 Å². The van der Waals surface area contributed by atoms with Gasteiger partial charge in [-0.1, -0.05) is 36.4 Å². The number of aliphatic carboxylic acids is 1. The molecule has 1 heterocycles. The summed E-state index contributed by atoms with van der Waals surface area (Å²) in [5.41, 5.74) is 2.33. The average molecular weight is 363 g/mol. The van der Waals surface area contributed by atoms with Crippen LogP contribution < -0.4 is 5.32 Å². The van der Waals surface area contributed by atoms with E-state index in [1.807, 2.05) is 24.3 Å². The van der Waals surface area contributed by atoms with Crippen LogP contribution in [-0.4, -0.2) is 17.6 Å². The molecule has 1 aliphatic heterocycles. The number of hydrogen-bond acceptors (Lipinski definition) is 2. The Morgan fingerprint density at radius 2 is 1.81 bits per heavy atom. The fourth-order valence-corrected chi connectivity index (χ4v) is 3.50. The third-order valence-corrected chi connectivity index (χ3v) is 4.78. The lowest BCUT2D eigenvalue weighted by molar-refractivity contribution is -0.138. The maximum absolute atomic E-state index is 12.7. The van der Waals surface area contributed by atoms with Crippen molar-refractivity contribution in [1.82, 2.24) is 5.32 Å². The van der Waals surface area contributed by atoms with E-state index >= 15 is 0 Å². The molecule has 0 aromatic heterocycles. The Hall–Kier alpha value is -2.34. The number of carboxylic acids is 1. The number of nitrogens with one attached hydrogen (secondary N) is 1. The third-order valence-electron chi connectivity index (χ3n) is 4.78. The number of alkyl halides is 3. The standard InChI is InChI=1S/C20H20F3NO2/c21-20(22,23)16-7-5-13(6-8-16)10-18-17-4-2-1-3-15(17)9-14(12-24-18)11-19(25)26/h1-8,14,18,24H,9-12H2,(H,25,26). The van der Waals surface area contributed by atoms with Crippen molar-refractivity contribution in [3.8, 4) is 0 Å². The number of halogens is 3. The summed E-state index contributed by atoms with van der Waals surface area (Å²) in [4.78, 5) is 11.1. The second kappa shape index (κ2) is 7.50. The van der Waals surface area contributed by atoms with Crippen LogP contribution in [0.5, 0.6) is 0 Å². The maximum atomic E-state index is 12.7. The van der Waals surface area contributed by atoms with Gasteiger partial charge in [0.2, 0.25) is 0 Å². The minimum atomic E-state index is -4.34. The number of fused-ring (bicyclic) bond motifs is 1. The van der Waals surface area contributed by atoms with Crippen molar-refractivity contribution in [3.05, 3.63) is 70.8 Å². The molecule has 0 spiro atoms. The number of carbonyl (C=O) groups is 1. The van der Waals surface area contributed by atoms with Crippen molar-refractivity contribution >= 4 is 5.97 Å². The first-order valence-corrected chi connectivity index (χ1v) is 8.52. The first kappa shape index (κ1) is 18.5. The highest BCUT2D eigenvalue weighted by molar-refractivity contribution is 5.67. The summed E-state index contributed by atoms with van der Waals surface area (Å²) in [6.45, 7) is 0.562. The quantitative estimate of drug-likeness (QED) is 0.855. The van der Waals surface area contributed by atoms with E-state index in [1.165, 1.54) is 12.1 Å². The topological polar surface area (TPSA) is 49.3 Å². The van der Waals surface area contributed by atoms with Crippen LogP contribution in [0.1, 0.15) is 34.7 Å². The van der Waals surface area contributed by atoms with Crippen LogP contribution >= 0.6 is 0 Å². The summed E-state index contributed by atoms with van der Waals surface area (Å²) in [6.07, 6.45) is -3.02. The molecular weight excluding hydrogens is 343 g/mol. The largest absolute Gasteiger partial charge is 0.481 e. The molecule has 0 saturated carbocycles. The van der Waals surface area contributed by atoms with Gasteiger partial charge in [0.15, 0.2) is 0 Å². The van der Waals surface area contributed by atoms with Gasteiger partial charge >= 0.3 is 12.1 Å². The van der Waals surface area contributed by atoms with Gasteiger partial charge in [-0.3, -0.25) is 4.79 Å². The molecule has 0 bridgehead atoms. The van der Waals surface area contributed by atoms with Crippen LogP contribution in [0, 0.1) is 5.92 Å². The van der Waals surface area contributed by atoms with Crippen molar-refractivity contribution in [2.24, 2.45) is 5.92 Å². The number of benzene rings is 2. The lowest BCUT2D eigenvalue weighted by atomic mass is 9.91. The monoisotopic (exact) mass is 363 g/mol. The molecule has 2 aromatic carbocycles. The molecule has 0 radical (unpaired) electrons. The van der Waals surface area contributed by atoms with Gasteiger partial charge in [-0.2, -0.15) is 13.2 Å². The van der Waals surface area contributed by atoms with E-state index < -0.39 is 17.7 Å². The first-order chi connectivity index (χ1) is 12.3. The normalized spacial score (nSPS) is 20.3. The Morgan fingerprint density at radius 1 is 1.12 bits per heavy atom. The predicted molar refractivity (Wildman–Crippen MR) is 91.8 cm³/mol. The summed E-state index contributed by atoms with van der Waals surface area (Å²) in [5, 5.41) is 12.5. The number of hydrogen-bond donors (Lipinski definition) is 2. The Morgan fingerprint density at radius 3 is 2.46 bits per heavy atom. The molecule has 138 valence electrons. The van der Waals surface area contributed by atoms with Gasteiger partial charge in [0, 0.05) is 12.5 Å². The van der Waals surface area contributed by atoms with E-state index in [0.29, 0.717) is 19.4 Å². The van der Waals surface area contributed by atoms with Crippen molar-refractivity contribution in [1.29, 1.82) is 0 Å². The van der Waals surface area contributed by atoms with Crippen LogP contribution in [0.15, 0.2) is 48.5 Å². The second-order valence-corrected chi connectivity index (χ2v) is 6.73. The van der Waals surface area contributed by atoms with Crippen molar-refractivity contribution < 1.29 is 23.1 Å². The Kier molecular flexibility index (Phi) is 5.32. The van der Waals surface area contributed by atoms with E-state index in [4.69, 9.17) is 5.11 Å². The minimum absolute atomic E-state index is 0.00810. The van der Waals surface area contributed by atoms with E-state index in [9.17, 15) is 18.0 Å². The molecule has 6 heteroatoms. The summed E-state index contributed by atoms with van der Waals surface area (Å²) < 4.78 is 38.1. The van der Waals surface area contributed by atoms with Crippen molar-refractivity contribution in [2.45, 2.75) is 31.5 Å². The lowest BCUT2D eigenvalue weighted by Crippen LogP contribution is -2.27. The van der Waals surface area contributed by atoms with E-state index in [-0.39, 0.29) is 18.4 Å². The molecule has 0 fully saturated rings. The van der Waals surface area contributed by atoms with Gasteiger partial charge in [-0.25, -0.2) is 0 Å². The van der Waals surface area contributed by atoms with Gasteiger partial charge in [0.25, 0.3) is 0 Å². The smallest absolute Gasteiger partial charge is 0.416 e. The van der Waals surface area contributed by atoms with Gasteiger partial charge < -0.3 is 10.4 Å². The zero-order valence-electron chi connectivity index (χ0n) is 14.1. The molecule has 2 N–H and O–H groups in total. The Bertz CT molecular complexity index is 771. The van der Waals surface area contributed by atoms with Gasteiger partial charge in [0.05, 0.1) is 5.56 Å². The molecule has 26 heavy (non-hydrogen) atoms. The van der Waals surface area contributed by atoms with E-state index in [1.54, 1.807) is 0 Å². The van der Waals surface area contributed by atoms with E-state index in [0.717, 1.165) is 28.8 Å². The third kappa shape index (κ3) is 4.43. The molecule has 3 nitrogen and oxygen atoms in total. The van der Waals surface area contributed by atoms with Gasteiger partial charge in [0.1, 0.15) is 0 Å². The molecule has 0 amide bonds. The molecule has 1 aliphatic rings. The molecule has 0 saturated heterocycles. The van der Waals surface area contributed by atoms with Gasteiger partial charge in [-0.15, -0.1) is 0 Å². The zero-order chi connectivity index (χ0) is 18.7. The molecule has 2 atom stereocenters. The summed E-state index contributed by atoms with van der Waals surface area (Å²) in [6, 6.07) is 13.0. The molecule has 3 rings (SSSR count). The van der Waals surface area contributed by atoms with Crippen LogP contribution in [0.3, 0.4) is 0 Å². The SMILES string of the molecule is O=C(O)CC1CNC(Cc2ccc(C(F)(F)F)cc2)c2ccccc2C1. The van der Waals surface area contributed by atoms with Crippen LogP contribution in [0.2, 0.25) is 0 Å². The van der Waals surface area contributed by atoms with Crippen molar-refractivity contribution in [2.75, 3.05) is 6.54 Å². The highest BCUT2D eigenvalue weighted by Crippen LogP contribution is 2.31. The number of carboxylic acid groups (broad SMARTS) is 1. The summed E-state index contributed by atoms with van der Waals surface area (Å²) >= 11 is 0. The van der Waals surface area contributed by atoms with Crippen LogP contribution in [-0.2, 0) is 23.8 Å². The summed E-state index contributed by atoms with van der Waals surface area (Å²) in [7, 11) is 0. The number of rotatable bonds is 4. The maximum Gasteiger partial charge on any atom is 0.416 e. The Balaban J connectivity index is 1.80. The lowest BCUT2D eigenvalue weighted by Gasteiger charge is -2.19. The molecular formula is C20H20F3NO2. The highest BCUT2D eigenvalue weighted by Gasteiger charge is 2.30.